The summed E-state index contributed by atoms with van der Waals surface area (Å²) in [5.41, 5.74) is 9.77. The standard InChI is InChI=1S/C5H9NO4.C5H9NO2.C3H7NO3/c6-3(5(9)10)1-2-4(7)8;7-5(8)4-2-1-3-6-4;4-2(1-5)3(6)7/h3H,1-2,6H2,(H,7,8)(H,9,10);4,6H,1-3H2,(H,7,8);2,5H,1,4H2,(H,6,7)/t3-;4-;2-/m000/s1. The van der Waals surface area contributed by atoms with E-state index in [0.717, 1.165) is 19.4 Å². The van der Waals surface area contributed by atoms with Gasteiger partial charge in [-0.05, 0) is 25.8 Å². The summed E-state index contributed by atoms with van der Waals surface area (Å²) in [5, 5.41) is 43.4. The van der Waals surface area contributed by atoms with Crippen molar-refractivity contribution in [3.8, 4) is 0 Å². The lowest BCUT2D eigenvalue weighted by molar-refractivity contribution is -0.141. The van der Waals surface area contributed by atoms with E-state index in [2.05, 4.69) is 5.32 Å². The number of carboxylic acids is 4. The Morgan fingerprint density at radius 1 is 1.00 bits per heavy atom. The van der Waals surface area contributed by atoms with Crippen molar-refractivity contribution in [2.45, 2.75) is 43.8 Å². The molecule has 0 aromatic rings. The highest BCUT2D eigenvalue weighted by Gasteiger charge is 2.20. The van der Waals surface area contributed by atoms with Crippen LogP contribution in [0.2, 0.25) is 0 Å². The second kappa shape index (κ2) is 14.1. The summed E-state index contributed by atoms with van der Waals surface area (Å²) in [6.07, 6.45) is 1.56. The molecule has 1 saturated heterocycles. The minimum atomic E-state index is -1.18. The van der Waals surface area contributed by atoms with Gasteiger partial charge in [-0.1, -0.05) is 0 Å². The van der Waals surface area contributed by atoms with Gasteiger partial charge >= 0.3 is 23.9 Å². The number of nitrogens with one attached hydrogen (secondary N) is 1. The van der Waals surface area contributed by atoms with Crippen LogP contribution in [0.25, 0.3) is 0 Å². The van der Waals surface area contributed by atoms with Crippen molar-refractivity contribution in [3.05, 3.63) is 0 Å². The first-order chi connectivity index (χ1) is 11.5. The van der Waals surface area contributed by atoms with E-state index < -0.39 is 42.6 Å². The molecule has 0 spiro atoms. The molecule has 0 aromatic heterocycles. The number of aliphatic hydroxyl groups excluding tert-OH is 1. The predicted octanol–water partition coefficient (Wildman–Crippen LogP) is -2.52. The fourth-order valence-electron chi connectivity index (χ4n) is 1.38. The highest BCUT2D eigenvalue weighted by Crippen LogP contribution is 2.03. The zero-order chi connectivity index (χ0) is 20.0. The lowest BCUT2D eigenvalue weighted by Crippen LogP contribution is -2.33. The normalized spacial score (nSPS) is 17.8. The summed E-state index contributed by atoms with van der Waals surface area (Å²) in [4.78, 5) is 39.7. The number of rotatable bonds is 7. The molecule has 0 saturated carbocycles. The highest BCUT2D eigenvalue weighted by molar-refractivity contribution is 5.75. The molecule has 1 rings (SSSR count). The minimum absolute atomic E-state index is 0.0231. The van der Waals surface area contributed by atoms with Crippen LogP contribution in [0.5, 0.6) is 0 Å². The maximum absolute atomic E-state index is 10.1. The summed E-state index contributed by atoms with van der Waals surface area (Å²) < 4.78 is 0. The van der Waals surface area contributed by atoms with Crippen LogP contribution in [-0.4, -0.2) is 80.7 Å². The molecule has 0 bridgehead atoms. The third-order valence-corrected chi connectivity index (χ3v) is 2.86. The van der Waals surface area contributed by atoms with Crippen LogP contribution in [0.15, 0.2) is 0 Å². The Labute approximate surface area is 143 Å². The van der Waals surface area contributed by atoms with E-state index >= 15 is 0 Å². The van der Waals surface area contributed by atoms with Gasteiger partial charge in [-0.25, -0.2) is 0 Å². The molecule has 12 nitrogen and oxygen atoms in total. The van der Waals surface area contributed by atoms with E-state index in [4.69, 9.17) is 37.0 Å². The first-order valence-electron chi connectivity index (χ1n) is 7.28. The van der Waals surface area contributed by atoms with E-state index in [0.29, 0.717) is 0 Å². The first-order valence-corrected chi connectivity index (χ1v) is 7.28. The Morgan fingerprint density at radius 2 is 1.52 bits per heavy atom. The van der Waals surface area contributed by atoms with Crippen LogP contribution < -0.4 is 16.8 Å². The van der Waals surface area contributed by atoms with Crippen molar-refractivity contribution in [3.63, 3.8) is 0 Å². The summed E-state index contributed by atoms with van der Waals surface area (Å²) >= 11 is 0. The Balaban J connectivity index is 0. The van der Waals surface area contributed by atoms with Gasteiger partial charge in [0.05, 0.1) is 6.61 Å². The number of aliphatic carboxylic acids is 4. The van der Waals surface area contributed by atoms with Crippen molar-refractivity contribution in [2.24, 2.45) is 11.5 Å². The Hall–Kier alpha value is -2.28. The van der Waals surface area contributed by atoms with Gasteiger partial charge in [0.15, 0.2) is 0 Å². The lowest BCUT2D eigenvalue weighted by Gasteiger charge is -2.01. The third kappa shape index (κ3) is 15.0. The predicted molar refractivity (Wildman–Crippen MR) is 83.8 cm³/mol. The Kier molecular flexibility index (Phi) is 14.1. The molecule has 1 fully saturated rings. The number of nitrogens with two attached hydrogens (primary N) is 2. The summed E-state index contributed by atoms with van der Waals surface area (Å²) in [6, 6.07) is -2.45. The molecule has 0 radical (unpaired) electrons. The van der Waals surface area contributed by atoms with Gasteiger partial charge in [-0.2, -0.15) is 0 Å². The SMILES string of the molecule is N[C@@H](CCC(=O)O)C(=O)O.N[C@@H](CO)C(=O)O.O=C(O)[C@@H]1CCCN1. The molecule has 1 aliphatic rings. The molecule has 0 amide bonds. The van der Waals surface area contributed by atoms with E-state index in [1.807, 2.05) is 0 Å². The van der Waals surface area contributed by atoms with Crippen molar-refractivity contribution in [1.29, 1.82) is 0 Å². The molecular formula is C13H25N3O9. The maximum atomic E-state index is 10.1. The molecule has 0 unspecified atom stereocenters. The minimum Gasteiger partial charge on any atom is -0.481 e. The van der Waals surface area contributed by atoms with Gasteiger partial charge in [-0.15, -0.1) is 0 Å². The van der Waals surface area contributed by atoms with E-state index in [9.17, 15) is 19.2 Å². The van der Waals surface area contributed by atoms with Crippen LogP contribution >= 0.6 is 0 Å². The van der Waals surface area contributed by atoms with Gasteiger partial charge in [0.1, 0.15) is 18.1 Å². The van der Waals surface area contributed by atoms with Crippen molar-refractivity contribution in [2.75, 3.05) is 13.2 Å². The Morgan fingerprint density at radius 3 is 1.72 bits per heavy atom. The molecule has 0 aromatic carbocycles. The fraction of sp³-hybridized carbons (Fsp3) is 0.692. The number of carbonyl (C=O) groups is 4. The molecule has 25 heavy (non-hydrogen) atoms. The number of hydrogen-bond donors (Lipinski definition) is 8. The van der Waals surface area contributed by atoms with Crippen molar-refractivity contribution < 1.29 is 44.7 Å². The van der Waals surface area contributed by atoms with Crippen LogP contribution in [0.1, 0.15) is 25.7 Å². The van der Waals surface area contributed by atoms with Crippen LogP contribution in [-0.2, 0) is 19.2 Å². The second-order valence-electron chi connectivity index (χ2n) is 4.99. The second-order valence-corrected chi connectivity index (χ2v) is 4.99. The van der Waals surface area contributed by atoms with E-state index in [1.165, 1.54) is 0 Å². The monoisotopic (exact) mass is 367 g/mol. The van der Waals surface area contributed by atoms with Crippen molar-refractivity contribution >= 4 is 23.9 Å². The Bertz CT molecular complexity index is 438. The van der Waals surface area contributed by atoms with Gasteiger partial charge in [0, 0.05) is 6.42 Å². The fourth-order valence-corrected chi connectivity index (χ4v) is 1.38. The zero-order valence-corrected chi connectivity index (χ0v) is 13.5. The van der Waals surface area contributed by atoms with Gasteiger partial charge in [0.25, 0.3) is 0 Å². The third-order valence-electron chi connectivity index (χ3n) is 2.86. The molecule has 10 N–H and O–H groups in total. The zero-order valence-electron chi connectivity index (χ0n) is 13.5. The van der Waals surface area contributed by atoms with Crippen LogP contribution in [0.4, 0.5) is 0 Å². The molecule has 12 heteroatoms. The number of hydrogen-bond acceptors (Lipinski definition) is 8. The quantitative estimate of drug-likeness (QED) is 0.233. The average molecular weight is 367 g/mol. The van der Waals surface area contributed by atoms with Gasteiger partial charge in [-0.3, -0.25) is 19.2 Å². The van der Waals surface area contributed by atoms with Crippen LogP contribution in [0, 0.1) is 0 Å². The maximum Gasteiger partial charge on any atom is 0.322 e. The molecule has 146 valence electrons. The van der Waals surface area contributed by atoms with Crippen LogP contribution in [0.3, 0.4) is 0 Å². The molecule has 3 atom stereocenters. The highest BCUT2D eigenvalue weighted by atomic mass is 16.4. The first kappa shape index (κ1) is 25.0. The summed E-state index contributed by atoms with van der Waals surface area (Å²) in [7, 11) is 0. The molecule has 1 aliphatic heterocycles. The van der Waals surface area contributed by atoms with E-state index in [1.54, 1.807) is 0 Å². The summed E-state index contributed by atoms with van der Waals surface area (Å²) in [5.74, 6) is -4.09. The molecule has 1 heterocycles. The number of aliphatic hydroxyl groups is 1. The lowest BCUT2D eigenvalue weighted by atomic mass is 10.2. The largest absolute Gasteiger partial charge is 0.481 e. The van der Waals surface area contributed by atoms with Crippen molar-refractivity contribution in [1.82, 2.24) is 5.32 Å². The van der Waals surface area contributed by atoms with E-state index in [-0.39, 0.29) is 18.9 Å². The number of carboxylic acid groups (broad SMARTS) is 4. The summed E-state index contributed by atoms with van der Waals surface area (Å²) in [6.45, 7) is 0.353. The average Bonchev–Trinajstić information content (AvgIpc) is 3.07. The van der Waals surface area contributed by atoms with Gasteiger partial charge in [0.2, 0.25) is 0 Å². The molecule has 0 aliphatic carbocycles. The smallest absolute Gasteiger partial charge is 0.322 e. The molecular weight excluding hydrogens is 342 g/mol. The van der Waals surface area contributed by atoms with Gasteiger partial charge < -0.3 is 42.3 Å². The topological polar surface area (TPSA) is 233 Å².